The van der Waals surface area contributed by atoms with Gasteiger partial charge in [-0.3, -0.25) is 0 Å². The molecule has 524 valence electrons. The van der Waals surface area contributed by atoms with Crippen LogP contribution in [0.5, 0.6) is 0 Å². The highest BCUT2D eigenvalue weighted by atomic mass is 16.3. The van der Waals surface area contributed by atoms with Gasteiger partial charge in [-0.2, -0.15) is 0 Å². The Bertz CT molecular complexity index is 7350. The van der Waals surface area contributed by atoms with Crippen molar-refractivity contribution in [1.29, 1.82) is 0 Å². The largest absolute Gasteiger partial charge is 0.451 e. The molecule has 0 atom stereocenters. The molecule has 0 bridgehead atoms. The minimum absolute atomic E-state index is 0.663. The molecule has 0 aliphatic heterocycles. The van der Waals surface area contributed by atoms with Crippen LogP contribution >= 0.6 is 0 Å². The second-order valence-electron chi connectivity index (χ2n) is 28.3. The van der Waals surface area contributed by atoms with Gasteiger partial charge in [0.1, 0.15) is 33.6 Å². The van der Waals surface area contributed by atoms with Crippen LogP contribution < -0.4 is 0 Å². The number of benzene rings is 16. The second-order valence-corrected chi connectivity index (χ2v) is 28.3. The summed E-state index contributed by atoms with van der Waals surface area (Å²) in [6, 6.07) is 141. The topological polar surface area (TPSA) is 87.7 Å². The predicted molar refractivity (Wildman–Crippen MR) is 462 cm³/mol. The molecule has 6 aromatic heterocycles. The van der Waals surface area contributed by atoms with Gasteiger partial charge in [-0.05, 0) is 147 Å². The van der Waals surface area contributed by atoms with E-state index in [1.54, 1.807) is 0 Å². The number of rotatable bonds is 12. The Morgan fingerprint density at radius 1 is 0.188 bits per heavy atom. The molecule has 0 saturated heterocycles. The Labute approximate surface area is 645 Å². The first-order valence-electron chi connectivity index (χ1n) is 37.8. The minimum Gasteiger partial charge on any atom is -0.451 e. The van der Waals surface area contributed by atoms with Crippen LogP contribution in [0.1, 0.15) is 0 Å². The van der Waals surface area contributed by atoms with Gasteiger partial charge in [-0.25, -0.2) is 19.9 Å². The van der Waals surface area contributed by atoms with E-state index in [1.807, 2.05) is 48.5 Å². The highest BCUT2D eigenvalue weighted by Gasteiger charge is 2.25. The molecule has 16 aromatic carbocycles. The van der Waals surface area contributed by atoms with Gasteiger partial charge in [-0.1, -0.05) is 309 Å². The zero-order chi connectivity index (χ0) is 74.0. The fourth-order valence-electron chi connectivity index (χ4n) is 16.4. The highest BCUT2D eigenvalue weighted by molar-refractivity contribution is 6.17. The maximum Gasteiger partial charge on any atom is 0.180 e. The molecule has 22 rings (SSSR count). The fraction of sp³-hybridized carbons (Fsp3) is 0. The number of nitrogens with zero attached hydrogens (tertiary/aromatic N) is 6. The van der Waals surface area contributed by atoms with E-state index in [-0.39, 0.29) is 0 Å². The Kier molecular flexibility index (Phi) is 16.1. The average Bonchev–Trinajstić information content (AvgIpc) is 1.59. The number of hydrogen-bond acceptors (Lipinski definition) is 6. The van der Waals surface area contributed by atoms with Gasteiger partial charge in [0, 0.05) is 77.1 Å². The molecule has 0 unspecified atom stereocenters. The van der Waals surface area contributed by atoms with Crippen LogP contribution in [0.25, 0.3) is 211 Å². The molecule has 6 heterocycles. The first kappa shape index (κ1) is 65.2. The van der Waals surface area contributed by atoms with Crippen molar-refractivity contribution in [2.75, 3.05) is 0 Å². The normalized spacial score (nSPS) is 11.6. The number of para-hydroxylation sites is 6. The van der Waals surface area contributed by atoms with E-state index in [0.29, 0.717) is 22.8 Å². The van der Waals surface area contributed by atoms with Crippen molar-refractivity contribution in [1.82, 2.24) is 29.1 Å². The summed E-state index contributed by atoms with van der Waals surface area (Å²) in [5.74, 6) is 1.33. The molecule has 0 amide bonds. The molecule has 0 radical (unpaired) electrons. The van der Waals surface area contributed by atoms with E-state index < -0.39 is 0 Å². The lowest BCUT2D eigenvalue weighted by molar-refractivity contribution is 0.668. The van der Waals surface area contributed by atoms with Gasteiger partial charge in [0.15, 0.2) is 22.8 Å². The lowest BCUT2D eigenvalue weighted by atomic mass is 9.95. The van der Waals surface area contributed by atoms with Crippen molar-refractivity contribution in [2.45, 2.75) is 0 Å². The van der Waals surface area contributed by atoms with Crippen LogP contribution in [0, 0.1) is 0 Å². The van der Waals surface area contributed by atoms with Crippen LogP contribution in [0.15, 0.2) is 409 Å². The summed E-state index contributed by atoms with van der Waals surface area (Å²) in [6.07, 6.45) is 0. The molecule has 0 saturated carbocycles. The Morgan fingerprint density at radius 2 is 0.509 bits per heavy atom. The van der Waals surface area contributed by atoms with Crippen molar-refractivity contribution >= 4 is 87.7 Å². The summed E-state index contributed by atoms with van der Waals surface area (Å²) >= 11 is 0. The summed E-state index contributed by atoms with van der Waals surface area (Å²) in [5.41, 5.74) is 30.3. The number of fused-ring (bicyclic) bond motifs is 12. The predicted octanol–water partition coefficient (Wildman–Crippen LogP) is 27.6. The number of hydrogen-bond donors (Lipinski definition) is 0. The second kappa shape index (κ2) is 27.6. The summed E-state index contributed by atoms with van der Waals surface area (Å²) in [6.45, 7) is 0. The van der Waals surface area contributed by atoms with Crippen molar-refractivity contribution in [3.8, 4) is 123 Å². The molecule has 0 fully saturated rings. The molecule has 0 N–H and O–H groups in total. The average molecular weight is 1430 g/mol. The summed E-state index contributed by atoms with van der Waals surface area (Å²) in [7, 11) is 0. The molecular weight excluding hydrogens is 1370 g/mol. The molecular formula is C104H66N6O2. The molecule has 0 spiro atoms. The SMILES string of the molecule is c1ccc(-c2cccc(-c3nc(-c4ccccc4)nc4c3oc3c(-c5cccc(-c6ccc7c(c6)c6ccccc6n7-c6ccccc6)c5)cccc34)c2)cc1.c1ccc(-c2cccc(-c3nc(-c4ccccc4)nc4c3oc3c(-c5cccc(-c6cccc7c6c6ccccc6n7-c6ccccc6)c5)cccc34)c2)cc1. The molecule has 8 nitrogen and oxygen atoms in total. The summed E-state index contributed by atoms with van der Waals surface area (Å²) in [5, 5.41) is 6.83. The lowest BCUT2D eigenvalue weighted by Crippen LogP contribution is -1.94. The Balaban J connectivity index is 0.000000141. The van der Waals surface area contributed by atoms with Gasteiger partial charge in [0.2, 0.25) is 0 Å². The zero-order valence-corrected chi connectivity index (χ0v) is 60.6. The van der Waals surface area contributed by atoms with Crippen molar-refractivity contribution in [3.63, 3.8) is 0 Å². The van der Waals surface area contributed by atoms with Gasteiger partial charge in [-0.15, -0.1) is 0 Å². The van der Waals surface area contributed by atoms with Crippen LogP contribution in [-0.2, 0) is 0 Å². The third-order valence-electron chi connectivity index (χ3n) is 21.6. The van der Waals surface area contributed by atoms with E-state index >= 15 is 0 Å². The minimum atomic E-state index is 0.663. The molecule has 112 heavy (non-hydrogen) atoms. The maximum atomic E-state index is 6.96. The molecule has 0 aliphatic rings. The van der Waals surface area contributed by atoms with E-state index in [9.17, 15) is 0 Å². The van der Waals surface area contributed by atoms with E-state index in [0.717, 1.165) is 139 Å². The Hall–Kier alpha value is -15.1. The molecule has 22 aromatic rings. The van der Waals surface area contributed by atoms with Crippen LogP contribution in [0.3, 0.4) is 0 Å². The Morgan fingerprint density at radius 3 is 1.02 bits per heavy atom. The van der Waals surface area contributed by atoms with Crippen molar-refractivity contribution in [2.24, 2.45) is 0 Å². The monoisotopic (exact) mass is 1430 g/mol. The lowest BCUT2D eigenvalue weighted by Gasteiger charge is -2.10. The molecule has 8 heteroatoms. The van der Waals surface area contributed by atoms with E-state index in [4.69, 9.17) is 28.8 Å². The molecule has 0 aliphatic carbocycles. The van der Waals surface area contributed by atoms with Crippen LogP contribution in [0.2, 0.25) is 0 Å². The van der Waals surface area contributed by atoms with Crippen molar-refractivity contribution < 1.29 is 8.83 Å². The van der Waals surface area contributed by atoms with Gasteiger partial charge < -0.3 is 18.0 Å². The zero-order valence-electron chi connectivity index (χ0n) is 60.6. The first-order valence-corrected chi connectivity index (χ1v) is 37.8. The van der Waals surface area contributed by atoms with Crippen LogP contribution in [-0.4, -0.2) is 29.1 Å². The third kappa shape index (κ3) is 11.5. The highest BCUT2D eigenvalue weighted by Crippen LogP contribution is 2.46. The van der Waals surface area contributed by atoms with Crippen LogP contribution in [0.4, 0.5) is 0 Å². The van der Waals surface area contributed by atoms with E-state index in [1.165, 1.54) is 49.2 Å². The fourth-order valence-corrected chi connectivity index (χ4v) is 16.4. The number of furan rings is 2. The standard InChI is InChI=1S/2C52H33N3O/c1-4-16-34(17-5-1)36-20-12-23-39(32-36)48-51-49(54-52(53-48)35-18-6-2-7-19-35)44-29-14-28-42(50(44)56-51)38-22-13-21-37(33-38)41-27-15-31-46-47(41)43-26-10-11-30-45(43)55(46)40-24-8-3-9-25-40;1-4-15-34(16-5-1)36-19-13-22-40(32-36)48-51-49(54-52(53-48)35-17-6-2-7-18-35)44-27-14-26-42(50(44)56-51)39-21-12-20-37(31-39)38-29-30-47-45(33-38)43-25-10-11-28-46(43)55(47)41-23-8-3-9-24-41/h2*1-33H. The van der Waals surface area contributed by atoms with Crippen molar-refractivity contribution in [3.05, 3.63) is 400 Å². The van der Waals surface area contributed by atoms with E-state index in [2.05, 4.69) is 361 Å². The van der Waals surface area contributed by atoms with Gasteiger partial charge in [0.25, 0.3) is 0 Å². The first-order chi connectivity index (χ1) is 55.5. The smallest absolute Gasteiger partial charge is 0.180 e. The van der Waals surface area contributed by atoms with Gasteiger partial charge in [0.05, 0.1) is 22.1 Å². The maximum absolute atomic E-state index is 6.96. The number of aromatic nitrogens is 6. The third-order valence-corrected chi connectivity index (χ3v) is 21.6. The summed E-state index contributed by atoms with van der Waals surface area (Å²) in [4.78, 5) is 20.7. The quantitative estimate of drug-likeness (QED) is 0.121. The van der Waals surface area contributed by atoms with Gasteiger partial charge >= 0.3 is 0 Å². The summed E-state index contributed by atoms with van der Waals surface area (Å²) < 4.78 is 18.6.